The molecule has 0 aromatic heterocycles. The summed E-state index contributed by atoms with van der Waals surface area (Å²) in [5, 5.41) is 0. The average Bonchev–Trinajstić information content (AvgIpc) is 2.37. The van der Waals surface area contributed by atoms with Gasteiger partial charge in [0.25, 0.3) is 0 Å². The number of fused-ring (bicyclic) bond motifs is 1. The van der Waals surface area contributed by atoms with E-state index in [1.165, 1.54) is 18.4 Å². The molecule has 0 aliphatic heterocycles. The Balaban J connectivity index is 1.79. The van der Waals surface area contributed by atoms with Crippen LogP contribution in [0.25, 0.3) is 6.08 Å². The molecule has 0 nitrogen and oxygen atoms in total. The molecule has 0 saturated heterocycles. The zero-order valence-corrected chi connectivity index (χ0v) is 10.7. The van der Waals surface area contributed by atoms with E-state index >= 15 is 0 Å². The van der Waals surface area contributed by atoms with E-state index in [0.717, 1.165) is 11.8 Å². The summed E-state index contributed by atoms with van der Waals surface area (Å²) in [6, 6.07) is 10.6. The standard InChI is InChI=1S/C17H20/c1-17(2)15-11-10-14(16(17)12-15)9-8-13-6-4-3-5-7-13/h3-10,15-16H,11-12H2,1-2H3/t15-,16-/m0/s1. The van der Waals surface area contributed by atoms with Crippen molar-refractivity contribution >= 4 is 6.08 Å². The fourth-order valence-electron chi connectivity index (χ4n) is 3.34. The largest absolute Gasteiger partial charge is 0.0807 e. The molecule has 0 N–H and O–H groups in total. The highest BCUT2D eigenvalue weighted by atomic mass is 14.5. The molecule has 0 radical (unpaired) electrons. The van der Waals surface area contributed by atoms with Crippen LogP contribution in [0.5, 0.6) is 0 Å². The molecule has 1 aromatic rings. The second kappa shape index (κ2) is 3.87. The zero-order valence-electron chi connectivity index (χ0n) is 10.7. The molecule has 0 amide bonds. The lowest BCUT2D eigenvalue weighted by molar-refractivity contribution is -0.00322. The van der Waals surface area contributed by atoms with Gasteiger partial charge in [-0.15, -0.1) is 0 Å². The minimum Gasteiger partial charge on any atom is -0.0807 e. The molecule has 0 spiro atoms. The molecule has 4 rings (SSSR count). The van der Waals surface area contributed by atoms with Crippen LogP contribution in [-0.4, -0.2) is 0 Å². The topological polar surface area (TPSA) is 0 Å². The molecule has 2 atom stereocenters. The smallest absolute Gasteiger partial charge is 0.0108 e. The van der Waals surface area contributed by atoms with Crippen LogP contribution in [0.15, 0.2) is 48.1 Å². The van der Waals surface area contributed by atoms with E-state index in [-0.39, 0.29) is 0 Å². The molecule has 1 fully saturated rings. The van der Waals surface area contributed by atoms with Crippen molar-refractivity contribution in [2.75, 3.05) is 0 Å². The molecule has 2 bridgehead atoms. The summed E-state index contributed by atoms with van der Waals surface area (Å²) in [4.78, 5) is 0. The van der Waals surface area contributed by atoms with Crippen LogP contribution in [0.2, 0.25) is 0 Å². The van der Waals surface area contributed by atoms with E-state index < -0.39 is 0 Å². The van der Waals surface area contributed by atoms with E-state index in [1.54, 1.807) is 5.57 Å². The van der Waals surface area contributed by atoms with Gasteiger partial charge in [-0.1, -0.05) is 62.4 Å². The van der Waals surface area contributed by atoms with Gasteiger partial charge in [-0.05, 0) is 41.2 Å². The van der Waals surface area contributed by atoms with Crippen molar-refractivity contribution < 1.29 is 0 Å². The maximum atomic E-state index is 2.45. The van der Waals surface area contributed by atoms with Crippen LogP contribution >= 0.6 is 0 Å². The first-order valence-corrected chi connectivity index (χ1v) is 6.61. The molecule has 3 aliphatic carbocycles. The molecule has 1 saturated carbocycles. The lowest BCUT2D eigenvalue weighted by Crippen LogP contribution is -2.47. The summed E-state index contributed by atoms with van der Waals surface area (Å²) in [6.07, 6.45) is 9.71. The van der Waals surface area contributed by atoms with Gasteiger partial charge in [-0.3, -0.25) is 0 Å². The Hall–Kier alpha value is -1.30. The molecular formula is C17H20. The van der Waals surface area contributed by atoms with Crippen LogP contribution in [0.4, 0.5) is 0 Å². The SMILES string of the molecule is CC1(C)[C@H]2CC=C(C=Cc3ccccc3)[C@@H]1C2. The zero-order chi connectivity index (χ0) is 11.9. The van der Waals surface area contributed by atoms with Gasteiger partial charge in [-0.25, -0.2) is 0 Å². The quantitative estimate of drug-likeness (QED) is 0.683. The number of benzene rings is 1. The molecule has 1 aromatic carbocycles. The van der Waals surface area contributed by atoms with Crippen molar-refractivity contribution in [1.82, 2.24) is 0 Å². The van der Waals surface area contributed by atoms with Crippen molar-refractivity contribution in [1.29, 1.82) is 0 Å². The first-order chi connectivity index (χ1) is 8.18. The first-order valence-electron chi connectivity index (χ1n) is 6.61. The second-order valence-corrected chi connectivity index (χ2v) is 5.99. The first kappa shape index (κ1) is 10.8. The highest BCUT2D eigenvalue weighted by Crippen LogP contribution is 2.59. The fourth-order valence-corrected chi connectivity index (χ4v) is 3.34. The van der Waals surface area contributed by atoms with E-state index in [4.69, 9.17) is 0 Å². The minimum atomic E-state index is 0.533. The Morgan fingerprint density at radius 3 is 2.53 bits per heavy atom. The summed E-state index contributed by atoms with van der Waals surface area (Å²) in [5.74, 6) is 1.72. The van der Waals surface area contributed by atoms with Crippen LogP contribution < -0.4 is 0 Å². The van der Waals surface area contributed by atoms with Gasteiger partial charge in [-0.2, -0.15) is 0 Å². The molecule has 0 heteroatoms. The summed E-state index contributed by atoms with van der Waals surface area (Å²) in [7, 11) is 0. The van der Waals surface area contributed by atoms with Crippen LogP contribution in [0.1, 0.15) is 32.3 Å². The average molecular weight is 224 g/mol. The van der Waals surface area contributed by atoms with E-state index in [9.17, 15) is 0 Å². The van der Waals surface area contributed by atoms with Crippen LogP contribution in [0.3, 0.4) is 0 Å². The van der Waals surface area contributed by atoms with E-state index in [0.29, 0.717) is 5.41 Å². The van der Waals surface area contributed by atoms with Crippen molar-refractivity contribution in [3.63, 3.8) is 0 Å². The van der Waals surface area contributed by atoms with Gasteiger partial charge < -0.3 is 0 Å². The third kappa shape index (κ3) is 1.76. The molecule has 17 heavy (non-hydrogen) atoms. The number of hydrogen-bond donors (Lipinski definition) is 0. The lowest BCUT2D eigenvalue weighted by Gasteiger charge is -2.56. The Labute approximate surface area is 104 Å². The molecule has 3 aliphatic rings. The maximum absolute atomic E-state index is 2.45. The predicted molar refractivity (Wildman–Crippen MR) is 73.6 cm³/mol. The third-order valence-electron chi connectivity index (χ3n) is 4.78. The number of rotatable bonds is 2. The Kier molecular flexibility index (Phi) is 2.47. The van der Waals surface area contributed by atoms with Crippen molar-refractivity contribution in [2.45, 2.75) is 26.7 Å². The Morgan fingerprint density at radius 2 is 1.88 bits per heavy atom. The van der Waals surface area contributed by atoms with Crippen molar-refractivity contribution in [3.05, 3.63) is 53.6 Å². The summed E-state index contributed by atoms with van der Waals surface area (Å²) >= 11 is 0. The van der Waals surface area contributed by atoms with Gasteiger partial charge in [0.1, 0.15) is 0 Å². The van der Waals surface area contributed by atoms with E-state index in [2.05, 4.69) is 62.4 Å². The normalized spacial score (nSPS) is 29.9. The molecule has 0 heterocycles. The Morgan fingerprint density at radius 1 is 1.12 bits per heavy atom. The van der Waals surface area contributed by atoms with Gasteiger partial charge >= 0.3 is 0 Å². The highest BCUT2D eigenvalue weighted by Gasteiger charge is 2.50. The Bertz CT molecular complexity index is 462. The van der Waals surface area contributed by atoms with Crippen LogP contribution in [-0.2, 0) is 0 Å². The van der Waals surface area contributed by atoms with Crippen molar-refractivity contribution in [2.24, 2.45) is 17.3 Å². The van der Waals surface area contributed by atoms with Gasteiger partial charge in [0.2, 0.25) is 0 Å². The van der Waals surface area contributed by atoms with Crippen molar-refractivity contribution in [3.8, 4) is 0 Å². The second-order valence-electron chi connectivity index (χ2n) is 5.99. The van der Waals surface area contributed by atoms with Gasteiger partial charge in [0.05, 0.1) is 0 Å². The minimum absolute atomic E-state index is 0.533. The molecular weight excluding hydrogens is 204 g/mol. The maximum Gasteiger partial charge on any atom is -0.0108 e. The van der Waals surface area contributed by atoms with Crippen LogP contribution in [0, 0.1) is 17.3 Å². The summed E-state index contributed by atoms with van der Waals surface area (Å²) < 4.78 is 0. The summed E-state index contributed by atoms with van der Waals surface area (Å²) in [6.45, 7) is 4.85. The van der Waals surface area contributed by atoms with Gasteiger partial charge in [0.15, 0.2) is 0 Å². The molecule has 88 valence electrons. The monoisotopic (exact) mass is 224 g/mol. The lowest BCUT2D eigenvalue weighted by atomic mass is 9.49. The molecule has 0 unspecified atom stereocenters. The van der Waals surface area contributed by atoms with E-state index in [1.807, 2.05) is 0 Å². The third-order valence-corrected chi connectivity index (χ3v) is 4.78. The number of allylic oxidation sites excluding steroid dienone is 3. The summed E-state index contributed by atoms with van der Waals surface area (Å²) in [5.41, 5.74) is 3.39. The highest BCUT2D eigenvalue weighted by molar-refractivity contribution is 5.54. The fraction of sp³-hybridized carbons (Fsp3) is 0.412. The van der Waals surface area contributed by atoms with Gasteiger partial charge in [0, 0.05) is 0 Å². The predicted octanol–water partition coefficient (Wildman–Crippen LogP) is 4.69. The number of hydrogen-bond acceptors (Lipinski definition) is 0.